The average molecular weight is 527 g/mol. The van der Waals surface area contributed by atoms with Crippen LogP contribution in [0.15, 0.2) is 36.4 Å². The van der Waals surface area contributed by atoms with Crippen LogP contribution in [0.4, 0.5) is 42.5 Å². The first-order valence-electron chi connectivity index (χ1n) is 11.0. The Morgan fingerprint density at radius 2 is 1.51 bits per heavy atom. The number of hydrogen-bond donors (Lipinski definition) is 3. The zero-order valence-corrected chi connectivity index (χ0v) is 18.9. The Hall–Kier alpha value is -4.17. The molecule has 37 heavy (non-hydrogen) atoms. The Balaban J connectivity index is 1.60. The van der Waals surface area contributed by atoms with Crippen molar-refractivity contribution < 1.29 is 35.9 Å². The molecule has 0 atom stereocenters. The van der Waals surface area contributed by atoms with Crippen molar-refractivity contribution in [1.82, 2.24) is 25.5 Å². The first kappa shape index (κ1) is 25.9. The van der Waals surface area contributed by atoms with Crippen LogP contribution >= 0.6 is 0 Å². The normalized spacial score (nSPS) is 14.4. The van der Waals surface area contributed by atoms with Crippen LogP contribution in [-0.2, 0) is 12.4 Å². The molecule has 4 rings (SSSR count). The van der Waals surface area contributed by atoms with Gasteiger partial charge in [-0.1, -0.05) is 0 Å². The second kappa shape index (κ2) is 10.1. The van der Waals surface area contributed by atoms with Crippen LogP contribution in [0.25, 0.3) is 11.4 Å². The zero-order valence-electron chi connectivity index (χ0n) is 18.9. The molecule has 1 aromatic heterocycles. The molecule has 0 radical (unpaired) electrons. The Labute approximate surface area is 205 Å². The zero-order chi connectivity index (χ0) is 26.8. The topological polar surface area (TPSA) is 116 Å². The van der Waals surface area contributed by atoms with Crippen molar-refractivity contribution in [1.29, 1.82) is 0 Å². The highest BCUT2D eigenvalue weighted by molar-refractivity contribution is 6.03. The molecule has 0 aliphatic carbocycles. The lowest BCUT2D eigenvalue weighted by atomic mass is 10.0. The van der Waals surface area contributed by atoms with Crippen LogP contribution in [0, 0.1) is 0 Å². The van der Waals surface area contributed by atoms with Crippen LogP contribution in [0.2, 0.25) is 0 Å². The van der Waals surface area contributed by atoms with Crippen molar-refractivity contribution in [2.45, 2.75) is 31.6 Å². The molecule has 1 fully saturated rings. The lowest BCUT2D eigenvalue weighted by molar-refractivity contribution is -0.143. The van der Waals surface area contributed by atoms with Crippen LogP contribution in [0.5, 0.6) is 0 Å². The fourth-order valence-electron chi connectivity index (χ4n) is 3.84. The Bertz CT molecular complexity index is 1250. The summed E-state index contributed by atoms with van der Waals surface area (Å²) in [5.74, 6) is -0.244. The second-order valence-electron chi connectivity index (χ2n) is 8.22. The maximum atomic E-state index is 13.1. The molecule has 0 bridgehead atoms. The van der Waals surface area contributed by atoms with Crippen molar-refractivity contribution in [2.75, 3.05) is 23.7 Å². The largest absolute Gasteiger partial charge is 0.416 e. The van der Waals surface area contributed by atoms with Gasteiger partial charge in [0.15, 0.2) is 0 Å². The van der Waals surface area contributed by atoms with Crippen LogP contribution in [0.3, 0.4) is 0 Å². The number of likely N-dealkylation sites (tertiary alicyclic amines) is 1. The second-order valence-corrected chi connectivity index (χ2v) is 8.22. The van der Waals surface area contributed by atoms with Crippen molar-refractivity contribution in [3.05, 3.63) is 53.1 Å². The van der Waals surface area contributed by atoms with Gasteiger partial charge in [0.25, 0.3) is 5.91 Å². The highest BCUT2D eigenvalue weighted by Gasteiger charge is 2.37. The van der Waals surface area contributed by atoms with Gasteiger partial charge in [-0.25, -0.2) is 4.79 Å². The summed E-state index contributed by atoms with van der Waals surface area (Å²) in [6, 6.07) is 3.80. The number of hydrogen-bond acceptors (Lipinski definition) is 5. The number of nitrogens with one attached hydrogen (secondary N) is 3. The molecule has 1 aliphatic rings. The van der Waals surface area contributed by atoms with E-state index in [1.807, 2.05) is 5.32 Å². The van der Waals surface area contributed by atoms with E-state index in [9.17, 15) is 35.9 Å². The molecule has 0 spiro atoms. The SMILES string of the molecule is O=C(Nc1cc(C(F)(F)F)cc(C(F)(F)F)c1)Nc1ccc(C(=O)N2CCCCC2)cc1-c1nn[nH]n1. The minimum absolute atomic E-state index is 0.00187. The summed E-state index contributed by atoms with van der Waals surface area (Å²) in [7, 11) is 0. The number of benzene rings is 2. The van der Waals surface area contributed by atoms with Gasteiger partial charge in [-0.3, -0.25) is 4.79 Å². The van der Waals surface area contributed by atoms with Gasteiger partial charge in [-0.15, -0.1) is 10.2 Å². The van der Waals surface area contributed by atoms with Gasteiger partial charge in [-0.05, 0) is 60.9 Å². The van der Waals surface area contributed by atoms with E-state index in [-0.39, 0.29) is 34.6 Å². The lowest BCUT2D eigenvalue weighted by Crippen LogP contribution is -2.35. The standard InChI is InChI=1S/C22H19F6N7O2/c23-21(24,25)13-9-14(22(26,27)28)11-15(10-13)29-20(37)30-17-5-4-12(8-16(17)18-31-33-34-32-18)19(36)35-6-2-1-3-7-35/h4-5,8-11H,1-3,6-7H2,(H2,29,30,37)(H,31,32,33,34). The Kier molecular flexibility index (Phi) is 7.05. The van der Waals surface area contributed by atoms with E-state index in [1.165, 1.54) is 18.2 Å². The minimum Gasteiger partial charge on any atom is -0.339 e. The summed E-state index contributed by atoms with van der Waals surface area (Å²) in [6.45, 7) is 1.19. The molecule has 2 aromatic carbocycles. The van der Waals surface area contributed by atoms with Crippen molar-refractivity contribution in [2.24, 2.45) is 0 Å². The molecule has 3 aromatic rings. The number of anilines is 2. The minimum atomic E-state index is -5.07. The number of nitrogens with zero attached hydrogens (tertiary/aromatic N) is 4. The first-order valence-corrected chi connectivity index (χ1v) is 11.0. The van der Waals surface area contributed by atoms with E-state index in [0.717, 1.165) is 19.3 Å². The highest BCUT2D eigenvalue weighted by atomic mass is 19.4. The maximum Gasteiger partial charge on any atom is 0.416 e. The number of carbonyl (C=O) groups excluding carboxylic acids is 2. The monoisotopic (exact) mass is 527 g/mol. The number of amides is 3. The van der Waals surface area contributed by atoms with E-state index < -0.39 is 35.2 Å². The summed E-state index contributed by atoms with van der Waals surface area (Å²) in [5, 5.41) is 17.7. The molecule has 1 saturated heterocycles. The van der Waals surface area contributed by atoms with Crippen molar-refractivity contribution in [3.63, 3.8) is 0 Å². The molecule has 1 aliphatic heterocycles. The number of rotatable bonds is 4. The van der Waals surface area contributed by atoms with Crippen molar-refractivity contribution in [3.8, 4) is 11.4 Å². The van der Waals surface area contributed by atoms with Gasteiger partial charge < -0.3 is 15.5 Å². The number of carbonyl (C=O) groups is 2. The van der Waals surface area contributed by atoms with E-state index in [2.05, 4.69) is 25.9 Å². The number of piperidine rings is 1. The average Bonchev–Trinajstić information content (AvgIpc) is 3.38. The third kappa shape index (κ3) is 6.16. The van der Waals surface area contributed by atoms with E-state index in [0.29, 0.717) is 25.2 Å². The number of urea groups is 1. The highest BCUT2D eigenvalue weighted by Crippen LogP contribution is 2.37. The summed E-state index contributed by atoms with van der Waals surface area (Å²) in [6.07, 6.45) is -7.39. The van der Waals surface area contributed by atoms with Gasteiger partial charge in [0.2, 0.25) is 5.82 Å². The van der Waals surface area contributed by atoms with Gasteiger partial charge in [0, 0.05) is 29.9 Å². The number of aromatic amines is 1. The molecule has 3 amide bonds. The van der Waals surface area contributed by atoms with Gasteiger partial charge in [0.1, 0.15) is 0 Å². The number of tetrazole rings is 1. The molecule has 9 nitrogen and oxygen atoms in total. The predicted octanol–water partition coefficient (Wildman–Crippen LogP) is 5.17. The molecule has 2 heterocycles. The van der Waals surface area contributed by atoms with Gasteiger partial charge in [0.05, 0.1) is 16.8 Å². The van der Waals surface area contributed by atoms with Gasteiger partial charge >= 0.3 is 18.4 Å². The summed E-state index contributed by atoms with van der Waals surface area (Å²) in [5.41, 5.74) is -3.40. The van der Waals surface area contributed by atoms with Crippen LogP contribution in [-0.4, -0.2) is 50.6 Å². The third-order valence-electron chi connectivity index (χ3n) is 5.59. The third-order valence-corrected chi connectivity index (χ3v) is 5.59. The van der Waals surface area contributed by atoms with E-state index >= 15 is 0 Å². The molecule has 3 N–H and O–H groups in total. The molecule has 0 unspecified atom stereocenters. The number of H-pyrrole nitrogens is 1. The maximum absolute atomic E-state index is 13.1. The fraction of sp³-hybridized carbons (Fsp3) is 0.318. The summed E-state index contributed by atoms with van der Waals surface area (Å²) < 4.78 is 78.7. The fourth-order valence-corrected chi connectivity index (χ4v) is 3.84. The quantitative estimate of drug-likeness (QED) is 0.405. The molecule has 15 heteroatoms. The van der Waals surface area contributed by atoms with E-state index in [1.54, 1.807) is 4.90 Å². The Morgan fingerprint density at radius 1 is 0.865 bits per heavy atom. The number of aromatic nitrogens is 4. The number of halogens is 6. The van der Waals surface area contributed by atoms with Crippen molar-refractivity contribution >= 4 is 23.3 Å². The molecule has 196 valence electrons. The molecular formula is C22H19F6N7O2. The summed E-state index contributed by atoms with van der Waals surface area (Å²) in [4.78, 5) is 27.2. The summed E-state index contributed by atoms with van der Waals surface area (Å²) >= 11 is 0. The predicted molar refractivity (Wildman–Crippen MR) is 118 cm³/mol. The lowest BCUT2D eigenvalue weighted by Gasteiger charge is -2.27. The van der Waals surface area contributed by atoms with Crippen LogP contribution in [0.1, 0.15) is 40.7 Å². The van der Waals surface area contributed by atoms with E-state index in [4.69, 9.17) is 0 Å². The Morgan fingerprint density at radius 3 is 2.08 bits per heavy atom. The molecule has 0 saturated carbocycles. The molecular weight excluding hydrogens is 508 g/mol. The smallest absolute Gasteiger partial charge is 0.339 e. The first-order chi connectivity index (χ1) is 17.4. The number of alkyl halides is 6. The van der Waals surface area contributed by atoms with Crippen LogP contribution < -0.4 is 10.6 Å². The van der Waals surface area contributed by atoms with Gasteiger partial charge in [-0.2, -0.15) is 31.6 Å².